The Bertz CT molecular complexity index is 604. The maximum absolute atomic E-state index is 12.5. The molecule has 5 heteroatoms. The van der Waals surface area contributed by atoms with E-state index in [1.54, 1.807) is 11.3 Å². The maximum Gasteiger partial charge on any atom is 0.223 e. The first-order valence-electron chi connectivity index (χ1n) is 9.19. The Morgan fingerprint density at radius 1 is 1.46 bits per heavy atom. The fourth-order valence-corrected chi connectivity index (χ4v) is 5.24. The molecule has 130 valence electrons. The molecule has 2 heterocycles. The van der Waals surface area contributed by atoms with Crippen LogP contribution >= 0.6 is 11.3 Å². The number of allylic oxidation sites excluding steroid dienone is 2. The third-order valence-corrected chi connectivity index (χ3v) is 6.97. The van der Waals surface area contributed by atoms with Gasteiger partial charge >= 0.3 is 0 Å². The van der Waals surface area contributed by atoms with Crippen LogP contribution in [-0.2, 0) is 11.3 Å². The molecule has 2 atom stereocenters. The molecule has 3 aliphatic rings. The molecule has 4 rings (SSSR count). The first-order valence-corrected chi connectivity index (χ1v) is 10.1. The van der Waals surface area contributed by atoms with Gasteiger partial charge in [-0.2, -0.15) is 0 Å². The average Bonchev–Trinajstić information content (AvgIpc) is 2.99. The molecule has 1 saturated carbocycles. The molecular weight excluding hydrogens is 318 g/mol. The van der Waals surface area contributed by atoms with Crippen molar-refractivity contribution in [1.82, 2.24) is 14.8 Å². The van der Waals surface area contributed by atoms with Crippen molar-refractivity contribution in [3.05, 3.63) is 28.7 Å². The number of piperidine rings is 1. The minimum absolute atomic E-state index is 0.370. The van der Waals surface area contributed by atoms with E-state index in [2.05, 4.69) is 39.4 Å². The Kier molecular flexibility index (Phi) is 4.48. The Morgan fingerprint density at radius 2 is 2.29 bits per heavy atom. The minimum atomic E-state index is 0.370. The van der Waals surface area contributed by atoms with E-state index in [-0.39, 0.29) is 0 Å². The highest BCUT2D eigenvalue weighted by Crippen LogP contribution is 2.56. The SMILES string of the molecule is CN(Cc1nccs1)C1CC12CCN(C(=O)CC1C=CCC1)CC2. The van der Waals surface area contributed by atoms with E-state index in [1.165, 1.54) is 24.3 Å². The Labute approximate surface area is 148 Å². The van der Waals surface area contributed by atoms with Gasteiger partial charge in [0.25, 0.3) is 0 Å². The highest BCUT2D eigenvalue weighted by molar-refractivity contribution is 7.09. The number of rotatable bonds is 5. The number of likely N-dealkylation sites (tertiary alicyclic amines) is 1. The maximum atomic E-state index is 12.5. The van der Waals surface area contributed by atoms with Crippen molar-refractivity contribution in [2.75, 3.05) is 20.1 Å². The summed E-state index contributed by atoms with van der Waals surface area (Å²) in [6, 6.07) is 0.677. The predicted octanol–water partition coefficient (Wildman–Crippen LogP) is 3.31. The summed E-state index contributed by atoms with van der Waals surface area (Å²) in [7, 11) is 2.23. The molecule has 2 aliphatic carbocycles. The smallest absolute Gasteiger partial charge is 0.223 e. The lowest BCUT2D eigenvalue weighted by Gasteiger charge is -2.34. The summed E-state index contributed by atoms with van der Waals surface area (Å²) in [5.74, 6) is 0.862. The number of carbonyl (C=O) groups excluding carboxylic acids is 1. The van der Waals surface area contributed by atoms with Gasteiger partial charge in [-0.15, -0.1) is 11.3 Å². The van der Waals surface area contributed by atoms with Crippen molar-refractivity contribution >= 4 is 17.2 Å². The molecule has 1 aromatic rings. The molecule has 1 saturated heterocycles. The highest BCUT2D eigenvalue weighted by atomic mass is 32.1. The number of carbonyl (C=O) groups is 1. The normalized spacial score (nSPS) is 28.0. The Hall–Kier alpha value is -1.20. The summed E-state index contributed by atoms with van der Waals surface area (Å²) in [4.78, 5) is 21.5. The van der Waals surface area contributed by atoms with Crippen LogP contribution < -0.4 is 0 Å². The van der Waals surface area contributed by atoms with Gasteiger partial charge in [0.05, 0.1) is 6.54 Å². The molecule has 2 unspecified atom stereocenters. The summed E-state index contributed by atoms with van der Waals surface area (Å²) in [6.45, 7) is 2.87. The molecule has 24 heavy (non-hydrogen) atoms. The van der Waals surface area contributed by atoms with E-state index in [0.29, 0.717) is 23.3 Å². The second kappa shape index (κ2) is 6.60. The zero-order chi connectivity index (χ0) is 16.6. The molecule has 0 radical (unpaired) electrons. The van der Waals surface area contributed by atoms with Crippen LogP contribution in [0.5, 0.6) is 0 Å². The average molecular weight is 346 g/mol. The van der Waals surface area contributed by atoms with Gasteiger partial charge in [-0.05, 0) is 50.5 Å². The molecule has 0 aromatic carbocycles. The van der Waals surface area contributed by atoms with E-state index < -0.39 is 0 Å². The number of thiazole rings is 1. The van der Waals surface area contributed by atoms with Gasteiger partial charge in [-0.3, -0.25) is 9.69 Å². The molecular formula is C19H27N3OS. The van der Waals surface area contributed by atoms with Crippen LogP contribution in [0.1, 0.15) is 43.5 Å². The lowest BCUT2D eigenvalue weighted by Crippen LogP contribution is -2.41. The molecule has 1 aromatic heterocycles. The number of hydrogen-bond donors (Lipinski definition) is 0. The fraction of sp³-hybridized carbons (Fsp3) is 0.684. The van der Waals surface area contributed by atoms with Crippen LogP contribution in [-0.4, -0.2) is 46.9 Å². The Balaban J connectivity index is 1.26. The molecule has 0 bridgehead atoms. The molecule has 1 aliphatic heterocycles. The fourth-order valence-electron chi connectivity index (χ4n) is 4.56. The molecule has 4 nitrogen and oxygen atoms in total. The highest BCUT2D eigenvalue weighted by Gasteiger charge is 2.56. The van der Waals surface area contributed by atoms with E-state index in [9.17, 15) is 4.79 Å². The third kappa shape index (κ3) is 3.29. The van der Waals surface area contributed by atoms with Gasteiger partial charge in [0.15, 0.2) is 0 Å². The summed E-state index contributed by atoms with van der Waals surface area (Å²) >= 11 is 1.74. The lowest BCUT2D eigenvalue weighted by atomic mass is 9.91. The van der Waals surface area contributed by atoms with Gasteiger partial charge < -0.3 is 4.90 Å². The number of nitrogens with zero attached hydrogens (tertiary/aromatic N) is 3. The number of amides is 1. The largest absolute Gasteiger partial charge is 0.343 e. The van der Waals surface area contributed by atoms with Gasteiger partial charge in [-0.25, -0.2) is 4.98 Å². The standard InChI is InChI=1S/C19H27N3OS/c1-21(14-17-20-8-11-24-17)16-13-19(16)6-9-22(10-7-19)18(23)12-15-4-2-3-5-15/h2,4,8,11,15-16H,3,5-7,9-10,12-14H2,1H3. The van der Waals surface area contributed by atoms with E-state index in [1.807, 2.05) is 6.20 Å². The van der Waals surface area contributed by atoms with Crippen molar-refractivity contribution in [2.45, 2.75) is 51.1 Å². The van der Waals surface area contributed by atoms with E-state index in [4.69, 9.17) is 0 Å². The monoisotopic (exact) mass is 345 g/mol. The molecule has 0 N–H and O–H groups in total. The van der Waals surface area contributed by atoms with E-state index in [0.717, 1.165) is 38.9 Å². The Morgan fingerprint density at radius 3 is 2.96 bits per heavy atom. The number of hydrogen-bond acceptors (Lipinski definition) is 4. The van der Waals surface area contributed by atoms with Crippen molar-refractivity contribution < 1.29 is 4.79 Å². The number of aromatic nitrogens is 1. The summed E-state index contributed by atoms with van der Waals surface area (Å²) in [5.41, 5.74) is 0.468. The molecule has 2 fully saturated rings. The van der Waals surface area contributed by atoms with Crippen LogP contribution in [0.15, 0.2) is 23.7 Å². The van der Waals surface area contributed by atoms with E-state index >= 15 is 0 Å². The second-order valence-electron chi connectivity index (χ2n) is 7.77. The minimum Gasteiger partial charge on any atom is -0.343 e. The zero-order valence-electron chi connectivity index (χ0n) is 14.5. The van der Waals surface area contributed by atoms with Gasteiger partial charge in [0.1, 0.15) is 5.01 Å². The van der Waals surface area contributed by atoms with Crippen molar-refractivity contribution in [1.29, 1.82) is 0 Å². The first kappa shape index (κ1) is 16.3. The second-order valence-corrected chi connectivity index (χ2v) is 8.75. The van der Waals surface area contributed by atoms with Crippen molar-refractivity contribution in [3.8, 4) is 0 Å². The predicted molar refractivity (Wildman–Crippen MR) is 96.7 cm³/mol. The molecule has 1 amide bonds. The zero-order valence-corrected chi connectivity index (χ0v) is 15.3. The van der Waals surface area contributed by atoms with Crippen LogP contribution in [0.4, 0.5) is 0 Å². The van der Waals surface area contributed by atoms with Crippen LogP contribution in [0, 0.1) is 11.3 Å². The third-order valence-electron chi connectivity index (χ3n) is 6.21. The van der Waals surface area contributed by atoms with Crippen molar-refractivity contribution in [3.63, 3.8) is 0 Å². The first-order chi connectivity index (χ1) is 11.7. The topological polar surface area (TPSA) is 36.4 Å². The quantitative estimate of drug-likeness (QED) is 0.768. The summed E-state index contributed by atoms with van der Waals surface area (Å²) in [6.07, 6.45) is 13.0. The molecule has 1 spiro atoms. The van der Waals surface area contributed by atoms with Crippen LogP contribution in [0.2, 0.25) is 0 Å². The summed E-state index contributed by atoms with van der Waals surface area (Å²) < 4.78 is 0. The van der Waals surface area contributed by atoms with Gasteiger partial charge in [0, 0.05) is 37.1 Å². The lowest BCUT2D eigenvalue weighted by molar-refractivity contribution is -0.133. The van der Waals surface area contributed by atoms with Crippen LogP contribution in [0.3, 0.4) is 0 Å². The summed E-state index contributed by atoms with van der Waals surface area (Å²) in [5, 5.41) is 3.26. The van der Waals surface area contributed by atoms with Gasteiger partial charge in [-0.1, -0.05) is 12.2 Å². The van der Waals surface area contributed by atoms with Crippen LogP contribution in [0.25, 0.3) is 0 Å². The van der Waals surface area contributed by atoms with Gasteiger partial charge in [0.2, 0.25) is 5.91 Å². The van der Waals surface area contributed by atoms with Crippen molar-refractivity contribution in [2.24, 2.45) is 11.3 Å².